The van der Waals surface area contributed by atoms with Crippen LogP contribution in [0.3, 0.4) is 0 Å². The van der Waals surface area contributed by atoms with E-state index < -0.39 is 85.8 Å². The highest BCUT2D eigenvalue weighted by Gasteiger charge is 2.46. The van der Waals surface area contributed by atoms with Crippen LogP contribution in [-0.4, -0.2) is 145 Å². The Morgan fingerprint density at radius 1 is 0.639 bits per heavy atom. The number of hydrogen-bond acceptors (Lipinski definition) is 12. The first-order chi connectivity index (χ1) is 17.1. The first kappa shape index (κ1) is 30.8. The third-order valence-corrected chi connectivity index (χ3v) is 6.40. The van der Waals surface area contributed by atoms with Crippen molar-refractivity contribution in [3.05, 3.63) is 0 Å². The van der Waals surface area contributed by atoms with Crippen LogP contribution in [0, 0.1) is 11.8 Å². The number of aliphatic hydroxyl groups excluding tert-OH is 4. The molecule has 14 heteroatoms. The number of hydrogen-bond donors (Lipinski definition) is 6. The molecule has 6 N–H and O–H groups in total. The minimum absolute atomic E-state index is 0.00877. The smallest absolute Gasteiger partial charge is 0.329 e. The van der Waals surface area contributed by atoms with Crippen LogP contribution in [0.1, 0.15) is 13.3 Å². The molecule has 2 aliphatic heterocycles. The molecule has 210 valence electrons. The highest BCUT2D eigenvalue weighted by molar-refractivity contribution is 5.68. The van der Waals surface area contributed by atoms with Gasteiger partial charge in [-0.05, 0) is 6.42 Å². The lowest BCUT2D eigenvalue weighted by Gasteiger charge is -2.44. The summed E-state index contributed by atoms with van der Waals surface area (Å²) in [5.74, 6) is -3.63. The SMILES string of the molecule is CC[C@@H]1C(COCC(=O)O)O[C@@H](COC[C@H]2C(O)C(O)[C@H](COC)O[C@H]2COCC(=O)O)C(O)[C@@H]1O. The number of carbonyl (C=O) groups is 2. The van der Waals surface area contributed by atoms with E-state index in [0.29, 0.717) is 6.42 Å². The molecular formula is C22H38O14. The quantitative estimate of drug-likeness (QED) is 0.130. The summed E-state index contributed by atoms with van der Waals surface area (Å²) >= 11 is 0. The Hall–Kier alpha value is -1.46. The molecular weight excluding hydrogens is 488 g/mol. The fourth-order valence-corrected chi connectivity index (χ4v) is 4.52. The maximum atomic E-state index is 10.8. The zero-order chi connectivity index (χ0) is 26.8. The third-order valence-electron chi connectivity index (χ3n) is 6.40. The minimum atomic E-state index is -1.30. The Morgan fingerprint density at radius 3 is 1.56 bits per heavy atom. The predicted molar refractivity (Wildman–Crippen MR) is 118 cm³/mol. The molecule has 14 nitrogen and oxygen atoms in total. The first-order valence-electron chi connectivity index (χ1n) is 11.8. The molecule has 4 unspecified atom stereocenters. The van der Waals surface area contributed by atoms with Gasteiger partial charge < -0.3 is 59.1 Å². The Kier molecular flexibility index (Phi) is 12.9. The van der Waals surface area contributed by atoms with E-state index in [9.17, 15) is 30.0 Å². The molecule has 2 rings (SSSR count). The zero-order valence-corrected chi connectivity index (χ0v) is 20.4. The molecule has 0 spiro atoms. The molecule has 0 aliphatic carbocycles. The highest BCUT2D eigenvalue weighted by Crippen LogP contribution is 2.31. The molecule has 36 heavy (non-hydrogen) atoms. The van der Waals surface area contributed by atoms with E-state index >= 15 is 0 Å². The van der Waals surface area contributed by atoms with E-state index in [1.807, 2.05) is 0 Å². The minimum Gasteiger partial charge on any atom is -0.480 e. The molecule has 2 fully saturated rings. The standard InChI is InChI=1S/C22H38O14/c1-3-11-13(6-33-9-17(23)24)35-16(22(30)19(11)27)8-32-4-12-14(7-34-10-18(25)26)36-15(5-31-2)21(29)20(12)28/h11-16,19-22,27-30H,3-10H2,1-2H3,(H,23,24)(H,25,26)/t11-,12-,13?,14+,15+,16+,19-,20?,21?,22?/m1/s1. The van der Waals surface area contributed by atoms with E-state index in [-0.39, 0.29) is 33.0 Å². The fraction of sp³-hybridized carbons (Fsp3) is 0.909. The Labute approximate surface area is 208 Å². The van der Waals surface area contributed by atoms with Crippen LogP contribution in [0.4, 0.5) is 0 Å². The van der Waals surface area contributed by atoms with Crippen molar-refractivity contribution < 1.29 is 68.6 Å². The maximum Gasteiger partial charge on any atom is 0.329 e. The van der Waals surface area contributed by atoms with Gasteiger partial charge >= 0.3 is 11.9 Å². The predicted octanol–water partition coefficient (Wildman–Crippen LogP) is -2.53. The van der Waals surface area contributed by atoms with E-state index in [1.165, 1.54) is 7.11 Å². The van der Waals surface area contributed by atoms with E-state index in [4.69, 9.17) is 38.6 Å². The lowest BCUT2D eigenvalue weighted by molar-refractivity contribution is -0.242. The lowest BCUT2D eigenvalue weighted by Crippen LogP contribution is -2.59. The van der Waals surface area contributed by atoms with Crippen molar-refractivity contribution in [1.82, 2.24) is 0 Å². The Morgan fingerprint density at radius 2 is 1.08 bits per heavy atom. The van der Waals surface area contributed by atoms with Gasteiger partial charge in [0.2, 0.25) is 0 Å². The molecule has 10 atom stereocenters. The second-order valence-electron chi connectivity index (χ2n) is 8.93. The van der Waals surface area contributed by atoms with E-state index in [2.05, 4.69) is 0 Å². The second kappa shape index (κ2) is 15.1. The van der Waals surface area contributed by atoms with Crippen LogP contribution in [0.25, 0.3) is 0 Å². The molecule has 0 amide bonds. The van der Waals surface area contributed by atoms with Gasteiger partial charge in [0.15, 0.2) is 0 Å². The van der Waals surface area contributed by atoms with Crippen molar-refractivity contribution in [3.63, 3.8) is 0 Å². The molecule has 0 aromatic rings. The number of aliphatic hydroxyl groups is 4. The van der Waals surface area contributed by atoms with Crippen LogP contribution in [0.15, 0.2) is 0 Å². The third kappa shape index (κ3) is 8.55. The molecule has 2 saturated heterocycles. The first-order valence-corrected chi connectivity index (χ1v) is 11.8. The molecule has 0 radical (unpaired) electrons. The Bertz CT molecular complexity index is 677. The summed E-state index contributed by atoms with van der Waals surface area (Å²) in [6.45, 7) is 0.0174. The summed E-state index contributed by atoms with van der Waals surface area (Å²) in [6, 6.07) is 0. The number of methoxy groups -OCH3 is 1. The topological polar surface area (TPSA) is 211 Å². The summed E-state index contributed by atoms with van der Waals surface area (Å²) in [6.07, 6.45) is -7.94. The van der Waals surface area contributed by atoms with Gasteiger partial charge in [0.25, 0.3) is 0 Å². The average Bonchev–Trinajstić information content (AvgIpc) is 2.81. The molecule has 2 aliphatic rings. The van der Waals surface area contributed by atoms with Crippen LogP contribution < -0.4 is 0 Å². The van der Waals surface area contributed by atoms with Crippen LogP contribution in [0.2, 0.25) is 0 Å². The van der Waals surface area contributed by atoms with Gasteiger partial charge in [0.1, 0.15) is 37.6 Å². The van der Waals surface area contributed by atoms with Crippen molar-refractivity contribution in [2.24, 2.45) is 11.8 Å². The van der Waals surface area contributed by atoms with Crippen molar-refractivity contribution in [1.29, 1.82) is 0 Å². The normalized spacial score (nSPS) is 37.1. The van der Waals surface area contributed by atoms with Crippen molar-refractivity contribution in [2.75, 3.05) is 53.4 Å². The molecule has 0 aromatic heterocycles. The molecule has 0 aromatic carbocycles. The summed E-state index contributed by atoms with van der Waals surface area (Å²) in [4.78, 5) is 21.5. The van der Waals surface area contributed by atoms with E-state index in [0.717, 1.165) is 0 Å². The summed E-state index contributed by atoms with van der Waals surface area (Å²) in [5.41, 5.74) is 0. The molecule has 0 saturated carbocycles. The van der Waals surface area contributed by atoms with Gasteiger partial charge in [0, 0.05) is 18.9 Å². The van der Waals surface area contributed by atoms with Crippen LogP contribution >= 0.6 is 0 Å². The van der Waals surface area contributed by atoms with E-state index in [1.54, 1.807) is 6.92 Å². The van der Waals surface area contributed by atoms with Crippen molar-refractivity contribution >= 4 is 11.9 Å². The van der Waals surface area contributed by atoms with Gasteiger partial charge in [-0.3, -0.25) is 0 Å². The van der Waals surface area contributed by atoms with Crippen molar-refractivity contribution in [2.45, 2.75) is 62.2 Å². The summed E-state index contributed by atoms with van der Waals surface area (Å²) in [5, 5.41) is 59.7. The maximum absolute atomic E-state index is 10.8. The number of ether oxygens (including phenoxy) is 6. The van der Waals surface area contributed by atoms with Gasteiger partial charge in [-0.1, -0.05) is 6.92 Å². The lowest BCUT2D eigenvalue weighted by atomic mass is 9.85. The van der Waals surface area contributed by atoms with Crippen LogP contribution in [0.5, 0.6) is 0 Å². The monoisotopic (exact) mass is 526 g/mol. The number of carboxylic acid groups (broad SMARTS) is 2. The number of carboxylic acids is 2. The number of aliphatic carboxylic acids is 2. The fourth-order valence-electron chi connectivity index (χ4n) is 4.52. The highest BCUT2D eigenvalue weighted by atomic mass is 16.6. The number of rotatable bonds is 15. The largest absolute Gasteiger partial charge is 0.480 e. The van der Waals surface area contributed by atoms with Crippen molar-refractivity contribution in [3.8, 4) is 0 Å². The van der Waals surface area contributed by atoms with Crippen LogP contribution in [-0.2, 0) is 38.0 Å². The second-order valence-corrected chi connectivity index (χ2v) is 8.93. The summed E-state index contributed by atoms with van der Waals surface area (Å²) in [7, 11) is 1.40. The van der Waals surface area contributed by atoms with Gasteiger partial charge in [-0.25, -0.2) is 9.59 Å². The Balaban J connectivity index is 2.00. The molecule has 0 bridgehead atoms. The zero-order valence-electron chi connectivity index (χ0n) is 20.4. The van der Waals surface area contributed by atoms with Gasteiger partial charge in [-0.15, -0.1) is 0 Å². The average molecular weight is 527 g/mol. The molecule has 2 heterocycles. The van der Waals surface area contributed by atoms with Gasteiger partial charge in [0.05, 0.1) is 57.5 Å². The van der Waals surface area contributed by atoms with Gasteiger partial charge in [-0.2, -0.15) is 0 Å². The summed E-state index contributed by atoms with van der Waals surface area (Å²) < 4.78 is 32.6.